The van der Waals surface area contributed by atoms with Crippen molar-refractivity contribution in [2.45, 2.75) is 20.3 Å². The first kappa shape index (κ1) is 14.7. The van der Waals surface area contributed by atoms with Crippen LogP contribution in [0.2, 0.25) is 0 Å². The van der Waals surface area contributed by atoms with E-state index >= 15 is 0 Å². The van der Waals surface area contributed by atoms with Crippen molar-refractivity contribution in [1.29, 1.82) is 0 Å². The summed E-state index contributed by atoms with van der Waals surface area (Å²) in [5, 5.41) is 7.00. The molecule has 0 saturated carbocycles. The van der Waals surface area contributed by atoms with Crippen molar-refractivity contribution in [3.05, 3.63) is 29.8 Å². The fourth-order valence-corrected chi connectivity index (χ4v) is 1.67. The van der Waals surface area contributed by atoms with E-state index in [-0.39, 0.29) is 0 Å². The van der Waals surface area contributed by atoms with Gasteiger partial charge in [0.2, 0.25) is 0 Å². The second kappa shape index (κ2) is 7.84. The van der Waals surface area contributed by atoms with Gasteiger partial charge in [-0.05, 0) is 55.5 Å². The van der Waals surface area contributed by atoms with Crippen molar-refractivity contribution in [2.75, 3.05) is 11.9 Å². The van der Waals surface area contributed by atoms with Crippen LogP contribution in [0.5, 0.6) is 0 Å². The molecule has 6 heteroatoms. The highest BCUT2D eigenvalue weighted by atomic mass is 32.1. The zero-order valence-electron chi connectivity index (χ0n) is 10.5. The molecule has 0 fully saturated rings. The number of hydrogen-bond acceptors (Lipinski definition) is 2. The first-order valence-electron chi connectivity index (χ1n) is 5.85. The Morgan fingerprint density at radius 2 is 1.61 bits per heavy atom. The van der Waals surface area contributed by atoms with Crippen LogP contribution >= 0.6 is 24.4 Å². The molecule has 0 saturated heterocycles. The Balaban J connectivity index is 2.37. The number of hydrogen-bond donors (Lipinski definition) is 4. The molecule has 1 aromatic carbocycles. The highest BCUT2D eigenvalue weighted by Gasteiger charge is 1.98. The Hall–Kier alpha value is -1.40. The molecule has 0 heterocycles. The van der Waals surface area contributed by atoms with E-state index in [1.807, 2.05) is 19.1 Å². The van der Waals surface area contributed by atoms with E-state index in [1.54, 1.807) is 0 Å². The Morgan fingerprint density at radius 3 is 2.17 bits per heavy atom. The van der Waals surface area contributed by atoms with E-state index in [0.29, 0.717) is 10.2 Å². The van der Waals surface area contributed by atoms with Crippen molar-refractivity contribution < 1.29 is 0 Å². The minimum atomic E-state index is 0.472. The third-order valence-electron chi connectivity index (χ3n) is 2.25. The maximum absolute atomic E-state index is 5.13. The average Bonchev–Trinajstić information content (AvgIpc) is 2.38. The molecule has 98 valence electrons. The summed E-state index contributed by atoms with van der Waals surface area (Å²) < 4.78 is 0. The Morgan fingerprint density at radius 1 is 1.00 bits per heavy atom. The fraction of sp³-hybridized carbons (Fsp3) is 0.333. The van der Waals surface area contributed by atoms with Crippen molar-refractivity contribution in [3.8, 4) is 0 Å². The number of rotatable bonds is 3. The quantitative estimate of drug-likeness (QED) is 0.502. The fourth-order valence-electron chi connectivity index (χ4n) is 1.30. The number of thiocarbonyl (C=S) groups is 2. The molecule has 1 rings (SSSR count). The summed E-state index contributed by atoms with van der Waals surface area (Å²) in [6, 6.07) is 8.13. The van der Waals surface area contributed by atoms with Gasteiger partial charge in [0.15, 0.2) is 10.2 Å². The molecule has 0 aliphatic heterocycles. The molecule has 1 aromatic rings. The van der Waals surface area contributed by atoms with Gasteiger partial charge in [0.1, 0.15) is 0 Å². The first-order valence-corrected chi connectivity index (χ1v) is 6.67. The van der Waals surface area contributed by atoms with Gasteiger partial charge in [-0.15, -0.1) is 0 Å². The van der Waals surface area contributed by atoms with Gasteiger partial charge in [0, 0.05) is 12.2 Å². The van der Waals surface area contributed by atoms with E-state index in [0.717, 1.165) is 18.7 Å². The van der Waals surface area contributed by atoms with Gasteiger partial charge in [-0.1, -0.05) is 19.1 Å². The van der Waals surface area contributed by atoms with Crippen molar-refractivity contribution in [1.82, 2.24) is 16.2 Å². The lowest BCUT2D eigenvalue weighted by molar-refractivity contribution is 0.825. The smallest absolute Gasteiger partial charge is 0.189 e. The molecule has 0 unspecified atom stereocenters. The highest BCUT2D eigenvalue weighted by molar-refractivity contribution is 7.80. The number of aryl methyl sites for hydroxylation is 1. The van der Waals surface area contributed by atoms with E-state index < -0.39 is 0 Å². The zero-order valence-corrected chi connectivity index (χ0v) is 12.2. The van der Waals surface area contributed by atoms with Crippen LogP contribution in [-0.2, 0) is 6.42 Å². The van der Waals surface area contributed by atoms with Crippen LogP contribution < -0.4 is 21.5 Å². The maximum atomic E-state index is 5.13. The second-order valence-corrected chi connectivity index (χ2v) is 4.43. The molecule has 0 spiro atoms. The van der Waals surface area contributed by atoms with Crippen molar-refractivity contribution in [2.24, 2.45) is 0 Å². The minimum Gasteiger partial charge on any atom is -0.362 e. The summed E-state index contributed by atoms with van der Waals surface area (Å²) in [5.74, 6) is 0. The van der Waals surface area contributed by atoms with Gasteiger partial charge in [-0.25, -0.2) is 0 Å². The number of nitrogens with one attached hydrogen (secondary N) is 4. The molecule has 0 aromatic heterocycles. The summed E-state index contributed by atoms with van der Waals surface area (Å²) >= 11 is 10.1. The number of anilines is 1. The van der Waals surface area contributed by atoms with Crippen LogP contribution in [0.25, 0.3) is 0 Å². The van der Waals surface area contributed by atoms with Crippen molar-refractivity contribution in [3.63, 3.8) is 0 Å². The lowest BCUT2D eigenvalue weighted by Gasteiger charge is -2.13. The highest BCUT2D eigenvalue weighted by Crippen LogP contribution is 2.09. The van der Waals surface area contributed by atoms with Crippen LogP contribution in [0, 0.1) is 0 Å². The van der Waals surface area contributed by atoms with Crippen LogP contribution in [0.3, 0.4) is 0 Å². The van der Waals surface area contributed by atoms with Gasteiger partial charge in [0.05, 0.1) is 0 Å². The average molecular weight is 282 g/mol. The third-order valence-corrected chi connectivity index (χ3v) is 2.70. The van der Waals surface area contributed by atoms with E-state index in [2.05, 4.69) is 40.5 Å². The molecular weight excluding hydrogens is 264 g/mol. The lowest BCUT2D eigenvalue weighted by atomic mass is 10.1. The molecule has 0 bridgehead atoms. The maximum Gasteiger partial charge on any atom is 0.189 e. The van der Waals surface area contributed by atoms with E-state index in [4.69, 9.17) is 24.4 Å². The van der Waals surface area contributed by atoms with E-state index in [9.17, 15) is 0 Å². The van der Waals surface area contributed by atoms with Crippen LogP contribution in [-0.4, -0.2) is 16.8 Å². The van der Waals surface area contributed by atoms with Gasteiger partial charge in [0.25, 0.3) is 0 Å². The largest absolute Gasteiger partial charge is 0.362 e. The van der Waals surface area contributed by atoms with Crippen molar-refractivity contribution >= 4 is 40.3 Å². The minimum absolute atomic E-state index is 0.472. The molecular formula is C12H18N4S2. The topological polar surface area (TPSA) is 48.1 Å². The molecule has 0 aliphatic rings. The summed E-state index contributed by atoms with van der Waals surface area (Å²) in [6.45, 7) is 4.87. The van der Waals surface area contributed by atoms with Crippen LogP contribution in [0.1, 0.15) is 19.4 Å². The van der Waals surface area contributed by atoms with E-state index in [1.165, 1.54) is 5.56 Å². The lowest BCUT2D eigenvalue weighted by Crippen LogP contribution is -2.48. The van der Waals surface area contributed by atoms with Crippen LogP contribution in [0.4, 0.5) is 5.69 Å². The van der Waals surface area contributed by atoms with Gasteiger partial charge in [-0.2, -0.15) is 0 Å². The molecule has 0 amide bonds. The Kier molecular flexibility index (Phi) is 6.38. The molecule has 4 N–H and O–H groups in total. The third kappa shape index (κ3) is 5.29. The molecule has 0 aliphatic carbocycles. The standard InChI is InChI=1S/C12H18N4S2/c1-3-9-5-7-10(8-6-9)14-12(18)16-15-11(17)13-4-2/h5-8H,3-4H2,1-2H3,(H2,13,15,17)(H2,14,16,18). The monoisotopic (exact) mass is 282 g/mol. The van der Waals surface area contributed by atoms with Gasteiger partial charge >= 0.3 is 0 Å². The zero-order chi connectivity index (χ0) is 13.4. The molecule has 4 nitrogen and oxygen atoms in total. The van der Waals surface area contributed by atoms with Crippen LogP contribution in [0.15, 0.2) is 24.3 Å². The summed E-state index contributed by atoms with van der Waals surface area (Å²) in [6.07, 6.45) is 1.03. The molecule has 18 heavy (non-hydrogen) atoms. The van der Waals surface area contributed by atoms with Gasteiger partial charge < -0.3 is 10.6 Å². The normalized spacial score (nSPS) is 9.44. The predicted octanol–water partition coefficient (Wildman–Crippen LogP) is 1.93. The predicted molar refractivity (Wildman–Crippen MR) is 84.6 cm³/mol. The first-order chi connectivity index (χ1) is 8.65. The Bertz CT molecular complexity index is 403. The number of benzene rings is 1. The van der Waals surface area contributed by atoms with Gasteiger partial charge in [-0.3, -0.25) is 10.9 Å². The Labute approximate surface area is 119 Å². The second-order valence-electron chi connectivity index (χ2n) is 3.61. The SMILES string of the molecule is CCNC(=S)NNC(=S)Nc1ccc(CC)cc1. The number of hydrazine groups is 1. The summed E-state index contributed by atoms with van der Waals surface area (Å²) in [5.41, 5.74) is 7.85. The summed E-state index contributed by atoms with van der Waals surface area (Å²) in [4.78, 5) is 0. The summed E-state index contributed by atoms with van der Waals surface area (Å²) in [7, 11) is 0. The molecule has 0 radical (unpaired) electrons. The molecule has 0 atom stereocenters.